The number of benzene rings is 2. The molecule has 2 N–H and O–H groups in total. The van der Waals surface area contributed by atoms with Crippen molar-refractivity contribution < 1.29 is 14.3 Å². The molecule has 0 bridgehead atoms. The summed E-state index contributed by atoms with van der Waals surface area (Å²) in [5, 5.41) is 7.29. The van der Waals surface area contributed by atoms with Gasteiger partial charge in [0.05, 0.1) is 22.9 Å². The highest BCUT2D eigenvalue weighted by atomic mass is 35.5. The van der Waals surface area contributed by atoms with Gasteiger partial charge < -0.3 is 10.1 Å². The maximum Gasteiger partial charge on any atom is 0.240 e. The molecule has 8 heteroatoms. The van der Waals surface area contributed by atoms with E-state index in [1.165, 1.54) is 6.21 Å². The van der Waals surface area contributed by atoms with E-state index in [1.54, 1.807) is 42.5 Å². The van der Waals surface area contributed by atoms with Crippen LogP contribution in [0, 0.1) is 0 Å². The number of hydrogen-bond donors (Lipinski definition) is 2. The molecular formula is C19H19Cl2N3O3. The molecule has 0 aliphatic carbocycles. The first-order chi connectivity index (χ1) is 13.0. The molecule has 142 valence electrons. The van der Waals surface area contributed by atoms with Crippen molar-refractivity contribution in [3.8, 4) is 5.75 Å². The number of nitrogens with one attached hydrogen (secondary N) is 2. The lowest BCUT2D eigenvalue weighted by atomic mass is 10.2. The lowest BCUT2D eigenvalue weighted by Crippen LogP contribution is -2.20. The minimum absolute atomic E-state index is 0.00345. The first kappa shape index (κ1) is 20.7. The second-order valence-corrected chi connectivity index (χ2v) is 6.23. The summed E-state index contributed by atoms with van der Waals surface area (Å²) >= 11 is 11.9. The fraction of sp³-hybridized carbons (Fsp3) is 0.211. The van der Waals surface area contributed by atoms with Crippen molar-refractivity contribution in [2.45, 2.75) is 19.8 Å². The van der Waals surface area contributed by atoms with Gasteiger partial charge in [0, 0.05) is 24.1 Å². The molecule has 2 rings (SSSR count). The topological polar surface area (TPSA) is 79.8 Å². The van der Waals surface area contributed by atoms with Gasteiger partial charge in [-0.15, -0.1) is 0 Å². The van der Waals surface area contributed by atoms with Crippen LogP contribution in [0.3, 0.4) is 0 Å². The Bertz CT molecular complexity index is 823. The third-order valence-corrected chi connectivity index (χ3v) is 4.24. The predicted molar refractivity (Wildman–Crippen MR) is 108 cm³/mol. The van der Waals surface area contributed by atoms with E-state index in [2.05, 4.69) is 15.8 Å². The summed E-state index contributed by atoms with van der Waals surface area (Å²) in [5.74, 6) is 0.0787. The van der Waals surface area contributed by atoms with Crippen LogP contribution in [0.5, 0.6) is 5.75 Å². The number of anilines is 1. The van der Waals surface area contributed by atoms with Gasteiger partial charge in [0.2, 0.25) is 11.8 Å². The van der Waals surface area contributed by atoms with Gasteiger partial charge in [-0.25, -0.2) is 5.43 Å². The van der Waals surface area contributed by atoms with Gasteiger partial charge in [0.1, 0.15) is 5.75 Å². The van der Waals surface area contributed by atoms with Crippen LogP contribution in [0.2, 0.25) is 10.0 Å². The molecule has 0 unspecified atom stereocenters. The van der Waals surface area contributed by atoms with Crippen LogP contribution in [0.1, 0.15) is 25.3 Å². The summed E-state index contributed by atoms with van der Waals surface area (Å²) in [6.07, 6.45) is 1.43. The van der Waals surface area contributed by atoms with Gasteiger partial charge in [0.15, 0.2) is 0 Å². The van der Waals surface area contributed by atoms with E-state index in [9.17, 15) is 9.59 Å². The first-order valence-electron chi connectivity index (χ1n) is 8.28. The second-order valence-electron chi connectivity index (χ2n) is 5.44. The van der Waals surface area contributed by atoms with Crippen molar-refractivity contribution in [1.29, 1.82) is 0 Å². The highest BCUT2D eigenvalue weighted by Gasteiger charge is 2.07. The van der Waals surface area contributed by atoms with Crippen molar-refractivity contribution in [2.75, 3.05) is 11.9 Å². The Balaban J connectivity index is 1.75. The summed E-state index contributed by atoms with van der Waals surface area (Å²) in [6, 6.07) is 12.1. The SMILES string of the molecule is CCOc1ccc(NC(=O)CCC(=O)NN=Cc2cccc(Cl)c2Cl)cc1. The standard InChI is InChI=1S/C19H19Cl2N3O3/c1-2-27-15-8-6-14(7-9-15)23-17(25)10-11-18(26)24-22-12-13-4-3-5-16(20)19(13)21/h3-9,12H,2,10-11H2,1H3,(H,23,25)(H,24,26). The lowest BCUT2D eigenvalue weighted by molar-refractivity contribution is -0.124. The maximum atomic E-state index is 11.9. The normalized spacial score (nSPS) is 10.6. The quantitative estimate of drug-likeness (QED) is 0.506. The number of carbonyl (C=O) groups excluding carboxylic acids is 2. The highest BCUT2D eigenvalue weighted by molar-refractivity contribution is 6.43. The number of carbonyl (C=O) groups is 2. The molecule has 27 heavy (non-hydrogen) atoms. The molecule has 0 saturated carbocycles. The highest BCUT2D eigenvalue weighted by Crippen LogP contribution is 2.24. The van der Waals surface area contributed by atoms with E-state index in [0.29, 0.717) is 27.9 Å². The number of halogens is 2. The molecule has 0 aromatic heterocycles. The first-order valence-corrected chi connectivity index (χ1v) is 9.04. The van der Waals surface area contributed by atoms with Gasteiger partial charge in [0.25, 0.3) is 0 Å². The van der Waals surface area contributed by atoms with E-state index in [4.69, 9.17) is 27.9 Å². The molecule has 0 fully saturated rings. The summed E-state index contributed by atoms with van der Waals surface area (Å²) in [5.41, 5.74) is 3.57. The largest absolute Gasteiger partial charge is 0.494 e. The maximum absolute atomic E-state index is 11.9. The van der Waals surface area contributed by atoms with Crippen LogP contribution >= 0.6 is 23.2 Å². The van der Waals surface area contributed by atoms with Gasteiger partial charge in [-0.1, -0.05) is 35.3 Å². The molecule has 2 aromatic rings. The third-order valence-electron chi connectivity index (χ3n) is 3.40. The smallest absolute Gasteiger partial charge is 0.240 e. The van der Waals surface area contributed by atoms with Gasteiger partial charge in [-0.3, -0.25) is 9.59 Å². The lowest BCUT2D eigenvalue weighted by Gasteiger charge is -2.07. The van der Waals surface area contributed by atoms with Crippen LogP contribution in [-0.2, 0) is 9.59 Å². The van der Waals surface area contributed by atoms with Crippen molar-refractivity contribution in [2.24, 2.45) is 5.10 Å². The molecule has 2 aromatic carbocycles. The third kappa shape index (κ3) is 6.92. The Kier molecular flexibility index (Phi) is 8.10. The van der Waals surface area contributed by atoms with Crippen molar-refractivity contribution in [3.05, 3.63) is 58.1 Å². The van der Waals surface area contributed by atoms with E-state index in [1.807, 2.05) is 6.92 Å². The minimum atomic E-state index is -0.383. The van der Waals surface area contributed by atoms with Crippen molar-refractivity contribution in [1.82, 2.24) is 5.43 Å². The molecule has 2 amide bonds. The zero-order chi connectivity index (χ0) is 19.6. The fourth-order valence-corrected chi connectivity index (χ4v) is 2.46. The van der Waals surface area contributed by atoms with Crippen molar-refractivity contribution in [3.63, 3.8) is 0 Å². The number of ether oxygens (including phenoxy) is 1. The zero-order valence-electron chi connectivity index (χ0n) is 14.7. The Labute approximate surface area is 167 Å². The monoisotopic (exact) mass is 407 g/mol. The average molecular weight is 408 g/mol. The summed E-state index contributed by atoms with van der Waals surface area (Å²) < 4.78 is 5.33. The van der Waals surface area contributed by atoms with Gasteiger partial charge in [-0.2, -0.15) is 5.10 Å². The number of amides is 2. The number of hydrogen-bond acceptors (Lipinski definition) is 4. The Morgan fingerprint density at radius 3 is 2.48 bits per heavy atom. The zero-order valence-corrected chi connectivity index (χ0v) is 16.2. The van der Waals surface area contributed by atoms with E-state index in [-0.39, 0.29) is 24.7 Å². The fourth-order valence-electron chi connectivity index (χ4n) is 2.10. The molecule has 0 spiro atoms. The van der Waals surface area contributed by atoms with Gasteiger partial charge >= 0.3 is 0 Å². The predicted octanol–water partition coefficient (Wildman–Crippen LogP) is 4.26. The summed E-state index contributed by atoms with van der Waals surface area (Å²) in [7, 11) is 0. The Hall–Kier alpha value is -2.57. The van der Waals surface area contributed by atoms with Crippen LogP contribution < -0.4 is 15.5 Å². The van der Waals surface area contributed by atoms with Gasteiger partial charge in [-0.05, 0) is 37.3 Å². The molecule has 0 aliphatic rings. The Morgan fingerprint density at radius 1 is 1.07 bits per heavy atom. The van der Waals surface area contributed by atoms with E-state index >= 15 is 0 Å². The van der Waals surface area contributed by atoms with Crippen LogP contribution in [0.4, 0.5) is 5.69 Å². The Morgan fingerprint density at radius 2 is 1.78 bits per heavy atom. The van der Waals surface area contributed by atoms with Crippen LogP contribution in [0.15, 0.2) is 47.6 Å². The molecular weight excluding hydrogens is 389 g/mol. The molecule has 0 radical (unpaired) electrons. The second kappa shape index (κ2) is 10.5. The molecule has 6 nitrogen and oxygen atoms in total. The number of nitrogens with zero attached hydrogens (tertiary/aromatic N) is 1. The average Bonchev–Trinajstić information content (AvgIpc) is 2.65. The number of rotatable bonds is 8. The van der Waals surface area contributed by atoms with Crippen LogP contribution in [-0.4, -0.2) is 24.6 Å². The molecule has 0 heterocycles. The molecule has 0 atom stereocenters. The summed E-state index contributed by atoms with van der Waals surface area (Å²) in [6.45, 7) is 2.47. The molecule has 0 aliphatic heterocycles. The van der Waals surface area contributed by atoms with E-state index < -0.39 is 0 Å². The van der Waals surface area contributed by atoms with Crippen LogP contribution in [0.25, 0.3) is 0 Å². The number of hydrazone groups is 1. The minimum Gasteiger partial charge on any atom is -0.494 e. The molecule has 0 saturated heterocycles. The summed E-state index contributed by atoms with van der Waals surface area (Å²) in [4.78, 5) is 23.7. The van der Waals surface area contributed by atoms with E-state index in [0.717, 1.165) is 5.75 Å². The van der Waals surface area contributed by atoms with Crippen molar-refractivity contribution >= 4 is 46.9 Å².